The third-order valence-corrected chi connectivity index (χ3v) is 8.06. The predicted molar refractivity (Wildman–Crippen MR) is 164 cm³/mol. The van der Waals surface area contributed by atoms with Crippen LogP contribution in [0.15, 0.2) is 77.8 Å². The Balaban J connectivity index is 1.41. The average molecular weight is 586 g/mol. The lowest BCUT2D eigenvalue weighted by Gasteiger charge is -2.18. The minimum absolute atomic E-state index is 0.0211. The predicted octanol–water partition coefficient (Wildman–Crippen LogP) is 6.45. The molecule has 0 N–H and O–H groups in total. The number of fused-ring (bicyclic) bond motifs is 1. The van der Waals surface area contributed by atoms with Crippen LogP contribution in [0.3, 0.4) is 0 Å². The number of Topliss-reactive ketones (excluding diaryl/α,β-unsaturated/α-hetero) is 1. The molecule has 0 unspecified atom stereocenters. The van der Waals surface area contributed by atoms with Crippen molar-refractivity contribution >= 4 is 32.2 Å². The largest absolute Gasteiger partial charge is 0.504 e. The summed E-state index contributed by atoms with van der Waals surface area (Å²) in [4.78, 5) is 23.3. The highest BCUT2D eigenvalue weighted by Gasteiger charge is 2.13. The van der Waals surface area contributed by atoms with Crippen LogP contribution in [-0.2, 0) is 27.5 Å². The second-order valence-electron chi connectivity index (χ2n) is 10.0. The van der Waals surface area contributed by atoms with Crippen molar-refractivity contribution in [1.82, 2.24) is 9.88 Å². The Kier molecular flexibility index (Phi) is 10.3. The molecule has 0 aliphatic rings. The maximum atomic E-state index is 12.7. The minimum Gasteiger partial charge on any atom is -0.504 e. The molecule has 0 saturated heterocycles. The molecule has 4 rings (SSSR count). The summed E-state index contributed by atoms with van der Waals surface area (Å²) in [5.74, 6) is 1.64. The van der Waals surface area contributed by atoms with Gasteiger partial charge >= 0.3 is 0 Å². The van der Waals surface area contributed by atoms with Crippen molar-refractivity contribution in [3.8, 4) is 17.2 Å². The van der Waals surface area contributed by atoms with Gasteiger partial charge in [0.1, 0.15) is 23.0 Å². The smallest absolute Gasteiger partial charge is 0.229 e. The standard InChI is InChI=1S/C33H35N3O5S/c1-5-36(6-2)17-8-18-40-33-23-30-29(22-31(33)34-3)32(15-16-35-30)41-27-13-11-24(12-14-27)19-26(37)20-25-9-7-10-28(21-25)42(4,38)39/h7,9-16,21-23H,5-6,8,17-20H2,1-2,4H3. The Bertz CT molecular complexity index is 1690. The van der Waals surface area contributed by atoms with Gasteiger partial charge in [-0.05, 0) is 73.1 Å². The number of carbonyl (C=O) groups is 1. The van der Waals surface area contributed by atoms with Crippen LogP contribution in [0.4, 0.5) is 5.69 Å². The molecule has 4 aromatic rings. The lowest BCUT2D eigenvalue weighted by atomic mass is 10.0. The van der Waals surface area contributed by atoms with Gasteiger partial charge in [-0.15, -0.1) is 0 Å². The first kappa shape index (κ1) is 30.7. The van der Waals surface area contributed by atoms with E-state index in [9.17, 15) is 13.2 Å². The summed E-state index contributed by atoms with van der Waals surface area (Å²) < 4.78 is 35.7. The van der Waals surface area contributed by atoms with Crippen molar-refractivity contribution in [2.24, 2.45) is 0 Å². The fourth-order valence-corrected chi connectivity index (χ4v) is 5.34. The zero-order chi connectivity index (χ0) is 30.1. The minimum atomic E-state index is -3.33. The topological polar surface area (TPSA) is 90.2 Å². The van der Waals surface area contributed by atoms with Gasteiger partial charge in [-0.25, -0.2) is 13.3 Å². The number of rotatable bonds is 14. The van der Waals surface area contributed by atoms with E-state index in [4.69, 9.17) is 16.0 Å². The molecule has 0 aliphatic carbocycles. The van der Waals surface area contributed by atoms with Crippen LogP contribution in [0.25, 0.3) is 15.7 Å². The highest BCUT2D eigenvalue weighted by atomic mass is 32.2. The van der Waals surface area contributed by atoms with Gasteiger partial charge in [0.2, 0.25) is 5.69 Å². The molecule has 0 fully saturated rings. The number of carbonyl (C=O) groups excluding carboxylic acids is 1. The molecule has 0 atom stereocenters. The van der Waals surface area contributed by atoms with Crippen molar-refractivity contribution < 1.29 is 22.7 Å². The summed E-state index contributed by atoms with van der Waals surface area (Å²) in [7, 11) is -3.33. The van der Waals surface area contributed by atoms with E-state index < -0.39 is 9.84 Å². The number of nitrogens with zero attached hydrogens (tertiary/aromatic N) is 3. The van der Waals surface area contributed by atoms with Crippen molar-refractivity contribution in [3.63, 3.8) is 0 Å². The van der Waals surface area contributed by atoms with E-state index in [-0.39, 0.29) is 23.5 Å². The SMILES string of the molecule is [C-]#[N+]c1cc2c(Oc3ccc(CC(=O)Cc4cccc(S(C)(=O)=O)c4)cc3)ccnc2cc1OCCCN(CC)CC. The fourth-order valence-electron chi connectivity index (χ4n) is 4.65. The van der Waals surface area contributed by atoms with Crippen molar-refractivity contribution in [2.75, 3.05) is 32.5 Å². The average Bonchev–Trinajstić information content (AvgIpc) is 2.97. The van der Waals surface area contributed by atoms with Gasteiger partial charge in [0.05, 0.1) is 23.6 Å². The molecular weight excluding hydrogens is 550 g/mol. The Hall–Kier alpha value is -4.26. The van der Waals surface area contributed by atoms with E-state index in [1.165, 1.54) is 6.07 Å². The van der Waals surface area contributed by atoms with Crippen molar-refractivity contribution in [2.45, 2.75) is 38.0 Å². The van der Waals surface area contributed by atoms with Gasteiger partial charge in [0.25, 0.3) is 0 Å². The quantitative estimate of drug-likeness (QED) is 0.124. The van der Waals surface area contributed by atoms with Gasteiger partial charge in [-0.3, -0.25) is 9.78 Å². The fraction of sp³-hybridized carbons (Fsp3) is 0.303. The summed E-state index contributed by atoms with van der Waals surface area (Å²) in [5.41, 5.74) is 2.56. The monoisotopic (exact) mass is 585 g/mol. The zero-order valence-corrected chi connectivity index (χ0v) is 25.0. The van der Waals surface area contributed by atoms with Crippen molar-refractivity contribution in [1.29, 1.82) is 0 Å². The maximum absolute atomic E-state index is 12.7. The van der Waals surface area contributed by atoms with Crippen LogP contribution in [0.5, 0.6) is 17.2 Å². The van der Waals surface area contributed by atoms with Gasteiger partial charge in [0, 0.05) is 37.2 Å². The van der Waals surface area contributed by atoms with Crippen LogP contribution in [-0.4, -0.2) is 56.6 Å². The van der Waals surface area contributed by atoms with Crippen LogP contribution in [0.2, 0.25) is 0 Å². The van der Waals surface area contributed by atoms with E-state index in [0.29, 0.717) is 46.0 Å². The number of benzene rings is 3. The highest BCUT2D eigenvalue weighted by molar-refractivity contribution is 7.90. The van der Waals surface area contributed by atoms with Gasteiger partial charge in [-0.2, -0.15) is 0 Å². The summed E-state index contributed by atoms with van der Waals surface area (Å²) in [6.45, 7) is 15.4. The van der Waals surface area contributed by atoms with E-state index in [2.05, 4.69) is 28.6 Å². The molecule has 3 aromatic carbocycles. The second kappa shape index (κ2) is 14.1. The first-order valence-electron chi connectivity index (χ1n) is 13.9. The second-order valence-corrected chi connectivity index (χ2v) is 12.1. The molecule has 0 spiro atoms. The molecule has 1 heterocycles. The lowest BCUT2D eigenvalue weighted by molar-refractivity contribution is -0.117. The van der Waals surface area contributed by atoms with Gasteiger partial charge < -0.3 is 14.4 Å². The number of aromatic nitrogens is 1. The molecule has 0 bridgehead atoms. The van der Waals surface area contributed by atoms with Crippen LogP contribution in [0, 0.1) is 6.57 Å². The van der Waals surface area contributed by atoms with E-state index in [0.717, 1.165) is 37.9 Å². The third kappa shape index (κ3) is 8.15. The van der Waals surface area contributed by atoms with Gasteiger partial charge in [-0.1, -0.05) is 38.1 Å². The molecular formula is C33H35N3O5S. The summed E-state index contributed by atoms with van der Waals surface area (Å²) >= 11 is 0. The molecule has 0 aliphatic heterocycles. The van der Waals surface area contributed by atoms with Crippen LogP contribution < -0.4 is 9.47 Å². The van der Waals surface area contributed by atoms with Gasteiger partial charge in [0.15, 0.2) is 9.84 Å². The molecule has 218 valence electrons. The Morgan fingerprint density at radius 1 is 0.952 bits per heavy atom. The number of hydrogen-bond donors (Lipinski definition) is 0. The molecule has 0 radical (unpaired) electrons. The number of ketones is 1. The Morgan fingerprint density at radius 2 is 1.69 bits per heavy atom. The zero-order valence-electron chi connectivity index (χ0n) is 24.2. The summed E-state index contributed by atoms with van der Waals surface area (Å²) in [6, 6.07) is 19.0. The van der Waals surface area contributed by atoms with E-state index in [1.807, 2.05) is 12.1 Å². The molecule has 8 nitrogen and oxygen atoms in total. The summed E-state index contributed by atoms with van der Waals surface area (Å²) in [6.07, 6.45) is 4.04. The van der Waals surface area contributed by atoms with Crippen LogP contribution in [0.1, 0.15) is 31.4 Å². The highest BCUT2D eigenvalue weighted by Crippen LogP contribution is 2.37. The summed E-state index contributed by atoms with van der Waals surface area (Å²) in [5, 5.41) is 0.703. The molecule has 1 aromatic heterocycles. The molecule has 9 heteroatoms. The number of pyridine rings is 1. The number of ether oxygens (including phenoxy) is 2. The van der Waals surface area contributed by atoms with E-state index >= 15 is 0 Å². The Labute approximate surface area is 247 Å². The lowest BCUT2D eigenvalue weighted by Crippen LogP contribution is -2.25. The van der Waals surface area contributed by atoms with E-state index in [1.54, 1.807) is 54.7 Å². The molecule has 42 heavy (non-hydrogen) atoms. The van der Waals surface area contributed by atoms with Crippen molar-refractivity contribution in [3.05, 3.63) is 95.5 Å². The number of sulfone groups is 1. The Morgan fingerprint density at radius 3 is 2.38 bits per heavy atom. The van der Waals surface area contributed by atoms with Crippen LogP contribution >= 0.6 is 0 Å². The number of hydrogen-bond acceptors (Lipinski definition) is 7. The normalized spacial score (nSPS) is 11.4. The first-order valence-corrected chi connectivity index (χ1v) is 15.8. The first-order chi connectivity index (χ1) is 20.2. The maximum Gasteiger partial charge on any atom is 0.229 e. The molecule has 0 saturated carbocycles. The molecule has 0 amide bonds. The third-order valence-electron chi connectivity index (χ3n) is 6.95.